The Kier molecular flexibility index (Phi) is 5.49. The maximum absolute atomic E-state index is 12.8. The molecule has 0 aliphatic carbocycles. The number of aromatic nitrogens is 2. The van der Waals surface area contributed by atoms with Gasteiger partial charge in [0.1, 0.15) is 11.4 Å². The molecule has 0 radical (unpaired) electrons. The lowest BCUT2D eigenvalue weighted by Crippen LogP contribution is -2.11. The lowest BCUT2D eigenvalue weighted by atomic mass is 10.1. The van der Waals surface area contributed by atoms with Crippen LogP contribution in [0.1, 0.15) is 33.5 Å². The molecule has 0 fully saturated rings. The number of aryl methyl sites for hydroxylation is 2. The summed E-state index contributed by atoms with van der Waals surface area (Å²) in [6.07, 6.45) is 0.917. The second kappa shape index (κ2) is 7.80. The zero-order chi connectivity index (χ0) is 18.7. The Balaban J connectivity index is 1.98. The first-order valence-electron chi connectivity index (χ1n) is 8.30. The highest BCUT2D eigenvalue weighted by Crippen LogP contribution is 2.35. The molecular weight excluding hydrogens is 350 g/mol. The SMILES string of the molecule is CCc1cccc(NC(=O)c2sc3nc(COC)nc(OC)c3c2C)c1. The second-order valence-corrected chi connectivity index (χ2v) is 6.83. The molecular formula is C19H21N3O3S. The van der Waals surface area contributed by atoms with E-state index in [9.17, 15) is 4.79 Å². The highest BCUT2D eigenvalue weighted by Gasteiger charge is 2.21. The van der Waals surface area contributed by atoms with Crippen molar-refractivity contribution in [1.29, 1.82) is 0 Å². The molecule has 0 atom stereocenters. The lowest BCUT2D eigenvalue weighted by molar-refractivity contribution is 0.103. The zero-order valence-corrected chi connectivity index (χ0v) is 16.1. The number of thiophene rings is 1. The molecule has 1 N–H and O–H groups in total. The van der Waals surface area contributed by atoms with Crippen molar-refractivity contribution in [3.05, 3.63) is 46.1 Å². The molecule has 1 aromatic carbocycles. The second-order valence-electron chi connectivity index (χ2n) is 5.83. The van der Waals surface area contributed by atoms with Crippen LogP contribution >= 0.6 is 11.3 Å². The maximum Gasteiger partial charge on any atom is 0.266 e. The first-order chi connectivity index (χ1) is 12.6. The number of carbonyl (C=O) groups excluding carboxylic acids is 1. The highest BCUT2D eigenvalue weighted by atomic mass is 32.1. The fourth-order valence-electron chi connectivity index (χ4n) is 2.76. The number of ether oxygens (including phenoxy) is 2. The van der Waals surface area contributed by atoms with Gasteiger partial charge in [-0.2, -0.15) is 4.98 Å². The predicted octanol–water partition coefficient (Wildman–Crippen LogP) is 3.97. The minimum absolute atomic E-state index is 0.158. The standard InChI is InChI=1S/C19H21N3O3S/c1-5-12-7-6-8-13(9-12)20-17(23)16-11(2)15-18(25-4)21-14(10-24-3)22-19(15)26-16/h6-9H,5,10H2,1-4H3,(H,20,23). The summed E-state index contributed by atoms with van der Waals surface area (Å²) < 4.78 is 10.5. The molecule has 2 aromatic heterocycles. The van der Waals surface area contributed by atoms with Crippen molar-refractivity contribution in [1.82, 2.24) is 9.97 Å². The number of methoxy groups -OCH3 is 2. The van der Waals surface area contributed by atoms with Crippen molar-refractivity contribution in [3.8, 4) is 5.88 Å². The van der Waals surface area contributed by atoms with E-state index in [1.54, 1.807) is 14.2 Å². The van der Waals surface area contributed by atoms with Gasteiger partial charge in [0.2, 0.25) is 5.88 Å². The van der Waals surface area contributed by atoms with E-state index in [1.807, 2.05) is 31.2 Å². The van der Waals surface area contributed by atoms with Crippen molar-refractivity contribution < 1.29 is 14.3 Å². The largest absolute Gasteiger partial charge is 0.480 e. The number of fused-ring (bicyclic) bond motifs is 1. The van der Waals surface area contributed by atoms with Crippen LogP contribution in [-0.4, -0.2) is 30.1 Å². The lowest BCUT2D eigenvalue weighted by Gasteiger charge is -2.06. The van der Waals surface area contributed by atoms with Crippen molar-refractivity contribution in [2.45, 2.75) is 26.9 Å². The van der Waals surface area contributed by atoms with Crippen LogP contribution in [0.5, 0.6) is 5.88 Å². The van der Waals surface area contributed by atoms with Crippen LogP contribution in [0.3, 0.4) is 0 Å². The summed E-state index contributed by atoms with van der Waals surface area (Å²) in [6.45, 7) is 4.26. The van der Waals surface area contributed by atoms with Crippen LogP contribution in [0.25, 0.3) is 10.2 Å². The Morgan fingerprint density at radius 3 is 2.77 bits per heavy atom. The topological polar surface area (TPSA) is 73.3 Å². The summed E-state index contributed by atoms with van der Waals surface area (Å²) in [5.41, 5.74) is 2.77. The van der Waals surface area contributed by atoms with E-state index in [4.69, 9.17) is 9.47 Å². The zero-order valence-electron chi connectivity index (χ0n) is 15.3. The van der Waals surface area contributed by atoms with E-state index in [0.717, 1.165) is 23.1 Å². The van der Waals surface area contributed by atoms with Crippen LogP contribution < -0.4 is 10.1 Å². The number of anilines is 1. The molecule has 0 aliphatic rings. The number of benzene rings is 1. The molecule has 7 heteroatoms. The van der Waals surface area contributed by atoms with Crippen LogP contribution in [0, 0.1) is 6.92 Å². The number of hydrogen-bond acceptors (Lipinski definition) is 6. The van der Waals surface area contributed by atoms with Gasteiger partial charge in [-0.15, -0.1) is 11.3 Å². The molecule has 26 heavy (non-hydrogen) atoms. The molecule has 0 unspecified atom stereocenters. The molecule has 0 saturated carbocycles. The third-order valence-electron chi connectivity index (χ3n) is 4.07. The Bertz CT molecular complexity index is 953. The van der Waals surface area contributed by atoms with E-state index in [1.165, 1.54) is 16.9 Å². The van der Waals surface area contributed by atoms with E-state index in [2.05, 4.69) is 22.2 Å². The van der Waals surface area contributed by atoms with E-state index in [-0.39, 0.29) is 12.5 Å². The van der Waals surface area contributed by atoms with Gasteiger partial charge in [0.15, 0.2) is 5.82 Å². The molecule has 3 rings (SSSR count). The summed E-state index contributed by atoms with van der Waals surface area (Å²) in [7, 11) is 3.15. The van der Waals surface area contributed by atoms with Gasteiger partial charge in [-0.25, -0.2) is 4.98 Å². The minimum atomic E-state index is -0.158. The van der Waals surface area contributed by atoms with Gasteiger partial charge in [0.05, 0.1) is 17.4 Å². The molecule has 0 aliphatic heterocycles. The average molecular weight is 371 g/mol. The normalized spacial score (nSPS) is 10.9. The molecule has 3 aromatic rings. The fourth-order valence-corrected chi connectivity index (χ4v) is 3.84. The monoisotopic (exact) mass is 371 g/mol. The number of rotatable bonds is 6. The predicted molar refractivity (Wildman–Crippen MR) is 103 cm³/mol. The third-order valence-corrected chi connectivity index (χ3v) is 5.25. The van der Waals surface area contributed by atoms with Crippen molar-refractivity contribution in [3.63, 3.8) is 0 Å². The van der Waals surface area contributed by atoms with Crippen molar-refractivity contribution >= 4 is 33.1 Å². The smallest absolute Gasteiger partial charge is 0.266 e. The number of nitrogens with zero attached hydrogens (tertiary/aromatic N) is 2. The first-order valence-corrected chi connectivity index (χ1v) is 9.12. The average Bonchev–Trinajstić information content (AvgIpc) is 2.98. The number of amides is 1. The van der Waals surface area contributed by atoms with Gasteiger partial charge >= 0.3 is 0 Å². The van der Waals surface area contributed by atoms with Crippen molar-refractivity contribution in [2.24, 2.45) is 0 Å². The van der Waals surface area contributed by atoms with Gasteiger partial charge in [-0.3, -0.25) is 4.79 Å². The maximum atomic E-state index is 12.8. The Morgan fingerprint density at radius 2 is 2.08 bits per heavy atom. The number of nitrogens with one attached hydrogen (secondary N) is 1. The third kappa shape index (κ3) is 3.54. The first kappa shape index (κ1) is 18.3. The molecule has 1 amide bonds. The van der Waals surface area contributed by atoms with Crippen LogP contribution in [0.15, 0.2) is 24.3 Å². The molecule has 0 bridgehead atoms. The molecule has 2 heterocycles. The van der Waals surface area contributed by atoms with Gasteiger partial charge in [-0.1, -0.05) is 19.1 Å². The van der Waals surface area contributed by atoms with Gasteiger partial charge < -0.3 is 14.8 Å². The Morgan fingerprint density at radius 1 is 1.27 bits per heavy atom. The quantitative estimate of drug-likeness (QED) is 0.710. The van der Waals surface area contributed by atoms with Crippen LogP contribution in [-0.2, 0) is 17.8 Å². The summed E-state index contributed by atoms with van der Waals surface area (Å²) >= 11 is 1.33. The Labute approximate surface area is 156 Å². The number of hydrogen-bond donors (Lipinski definition) is 1. The minimum Gasteiger partial charge on any atom is -0.480 e. The Hall–Kier alpha value is -2.51. The highest BCUT2D eigenvalue weighted by molar-refractivity contribution is 7.20. The summed E-state index contributed by atoms with van der Waals surface area (Å²) in [4.78, 5) is 23.0. The fraction of sp³-hybridized carbons (Fsp3) is 0.316. The molecule has 6 nitrogen and oxygen atoms in total. The number of carbonyl (C=O) groups is 1. The molecule has 136 valence electrons. The van der Waals surface area contributed by atoms with Gasteiger partial charge in [0.25, 0.3) is 5.91 Å². The summed E-state index contributed by atoms with van der Waals surface area (Å²) in [5, 5.41) is 3.74. The molecule has 0 saturated heterocycles. The molecule has 0 spiro atoms. The van der Waals surface area contributed by atoms with Crippen molar-refractivity contribution in [2.75, 3.05) is 19.5 Å². The van der Waals surface area contributed by atoms with Crippen LogP contribution in [0.2, 0.25) is 0 Å². The van der Waals surface area contributed by atoms with E-state index < -0.39 is 0 Å². The van der Waals surface area contributed by atoms with Gasteiger partial charge in [-0.05, 0) is 36.6 Å². The summed E-state index contributed by atoms with van der Waals surface area (Å²) in [6, 6.07) is 7.85. The summed E-state index contributed by atoms with van der Waals surface area (Å²) in [5.74, 6) is 0.831. The van der Waals surface area contributed by atoms with E-state index in [0.29, 0.717) is 21.4 Å². The van der Waals surface area contributed by atoms with Gasteiger partial charge in [0, 0.05) is 12.8 Å². The van der Waals surface area contributed by atoms with E-state index >= 15 is 0 Å². The van der Waals surface area contributed by atoms with Crippen LogP contribution in [0.4, 0.5) is 5.69 Å².